The fraction of sp³-hybridized carbons (Fsp3) is 0.500. The van der Waals surface area contributed by atoms with Crippen LogP contribution < -0.4 is 21.3 Å². The van der Waals surface area contributed by atoms with Crippen LogP contribution in [0.4, 0.5) is 10.5 Å². The third-order valence-corrected chi connectivity index (χ3v) is 8.88. The van der Waals surface area contributed by atoms with E-state index < -0.39 is 52.6 Å². The smallest absolute Gasteiger partial charge is 0.319 e. The largest absolute Gasteiger partial charge is 0.347 e. The van der Waals surface area contributed by atoms with E-state index in [0.717, 1.165) is 24.0 Å². The Balaban J connectivity index is 1.38. The van der Waals surface area contributed by atoms with Crippen LogP contribution in [0.1, 0.15) is 64.5 Å². The third-order valence-electron chi connectivity index (χ3n) is 8.88. The van der Waals surface area contributed by atoms with Gasteiger partial charge in [-0.3, -0.25) is 19.2 Å². The number of nitrogens with zero attached hydrogens (tertiary/aromatic N) is 1. The molecule has 1 saturated heterocycles. The molecule has 3 atom stereocenters. The van der Waals surface area contributed by atoms with E-state index in [9.17, 15) is 24.0 Å². The average Bonchev–Trinajstić information content (AvgIpc) is 3.69. The van der Waals surface area contributed by atoms with E-state index >= 15 is 0 Å². The highest BCUT2D eigenvalue weighted by atomic mass is 16.2. The number of nitrogens with one attached hydrogen (secondary N) is 4. The number of amides is 5. The van der Waals surface area contributed by atoms with Crippen molar-refractivity contribution in [3.8, 4) is 0 Å². The molecule has 1 spiro atoms. The molecule has 0 radical (unpaired) electrons. The number of urea groups is 1. The molecule has 2 fully saturated rings. The van der Waals surface area contributed by atoms with Gasteiger partial charge in [0.25, 0.3) is 5.91 Å². The lowest BCUT2D eigenvalue weighted by atomic mass is 9.67. The Labute approximate surface area is 258 Å². The molecule has 2 aliphatic carbocycles. The average molecular weight is 602 g/mol. The first-order valence-electron chi connectivity index (χ1n) is 15.6. The first-order chi connectivity index (χ1) is 20.9. The number of benzene rings is 2. The lowest BCUT2D eigenvalue weighted by molar-refractivity contribution is -0.168. The van der Waals surface area contributed by atoms with Crippen molar-refractivity contribution in [1.82, 2.24) is 20.9 Å². The van der Waals surface area contributed by atoms with Crippen LogP contribution >= 0.6 is 0 Å². The number of likely N-dealkylation sites (tertiary alicyclic amines) is 1. The maximum Gasteiger partial charge on any atom is 0.319 e. The molecule has 5 rings (SSSR count). The number of ketones is 1. The molecular formula is C34H43N5O5. The first kappa shape index (κ1) is 31.2. The fourth-order valence-electron chi connectivity index (χ4n) is 6.47. The zero-order valence-corrected chi connectivity index (χ0v) is 25.9. The van der Waals surface area contributed by atoms with Gasteiger partial charge in [0, 0.05) is 23.7 Å². The van der Waals surface area contributed by atoms with E-state index in [1.54, 1.807) is 24.3 Å². The Morgan fingerprint density at radius 2 is 1.52 bits per heavy atom. The Hall–Kier alpha value is -4.21. The lowest BCUT2D eigenvalue weighted by Gasteiger charge is -2.56. The van der Waals surface area contributed by atoms with E-state index in [-0.39, 0.29) is 11.9 Å². The van der Waals surface area contributed by atoms with Crippen molar-refractivity contribution in [2.75, 3.05) is 11.9 Å². The minimum Gasteiger partial charge on any atom is -0.347 e. The minimum atomic E-state index is -0.988. The second-order valence-electron chi connectivity index (χ2n) is 13.6. The van der Waals surface area contributed by atoms with Crippen LogP contribution in [-0.2, 0) is 32.0 Å². The summed E-state index contributed by atoms with van der Waals surface area (Å²) in [5.74, 6) is -2.17. The van der Waals surface area contributed by atoms with Gasteiger partial charge in [-0.05, 0) is 60.8 Å². The normalized spacial score (nSPS) is 19.6. The molecule has 1 aliphatic heterocycles. The van der Waals surface area contributed by atoms with E-state index in [2.05, 4.69) is 21.3 Å². The van der Waals surface area contributed by atoms with Crippen molar-refractivity contribution in [1.29, 1.82) is 0 Å². The summed E-state index contributed by atoms with van der Waals surface area (Å²) in [5.41, 5.74) is 1.64. The van der Waals surface area contributed by atoms with Gasteiger partial charge in [-0.1, -0.05) is 76.6 Å². The van der Waals surface area contributed by atoms with Crippen molar-refractivity contribution in [3.05, 3.63) is 65.7 Å². The van der Waals surface area contributed by atoms with Crippen LogP contribution in [0.25, 0.3) is 0 Å². The molecule has 0 bridgehead atoms. The summed E-state index contributed by atoms with van der Waals surface area (Å²) in [6.07, 6.45) is 3.81. The summed E-state index contributed by atoms with van der Waals surface area (Å²) in [6.45, 7) is 7.82. The second-order valence-corrected chi connectivity index (χ2v) is 13.6. The van der Waals surface area contributed by atoms with Crippen molar-refractivity contribution < 1.29 is 24.0 Å². The van der Waals surface area contributed by atoms with Gasteiger partial charge in [0.1, 0.15) is 12.1 Å². The molecule has 3 aliphatic rings. The number of carbonyl (C=O) groups excluding carboxylic acids is 5. The number of Topliss-reactive ketones (excluding diaryl/α,β-unsaturated/α-hetero) is 1. The van der Waals surface area contributed by atoms with Crippen molar-refractivity contribution in [3.63, 3.8) is 0 Å². The van der Waals surface area contributed by atoms with E-state index in [0.29, 0.717) is 37.9 Å². The van der Waals surface area contributed by atoms with E-state index in [1.165, 1.54) is 4.90 Å². The van der Waals surface area contributed by atoms with Gasteiger partial charge in [0.05, 0.1) is 6.04 Å². The predicted octanol–water partition coefficient (Wildman–Crippen LogP) is 3.35. The minimum absolute atomic E-state index is 0.0188. The number of hydrogen-bond acceptors (Lipinski definition) is 5. The SMILES string of the molecule is CCCC(NC(=O)C1N(C(=O)[C@@H](NC(=O)Nc2ccccc2)C(C)(C)C)CC12Cc1ccccc1C2)C(=O)C(=O)NC1CC1. The first-order valence-corrected chi connectivity index (χ1v) is 15.6. The summed E-state index contributed by atoms with van der Waals surface area (Å²) < 4.78 is 0. The maximum atomic E-state index is 14.2. The highest BCUT2D eigenvalue weighted by Crippen LogP contribution is 2.49. The van der Waals surface area contributed by atoms with Crippen LogP contribution in [0.5, 0.6) is 0 Å². The molecule has 234 valence electrons. The molecular weight excluding hydrogens is 558 g/mol. The Morgan fingerprint density at radius 3 is 2.09 bits per heavy atom. The molecule has 10 heteroatoms. The Kier molecular flexibility index (Phi) is 8.81. The predicted molar refractivity (Wildman–Crippen MR) is 167 cm³/mol. The van der Waals surface area contributed by atoms with Gasteiger partial charge < -0.3 is 26.2 Å². The van der Waals surface area contributed by atoms with Gasteiger partial charge in [-0.15, -0.1) is 0 Å². The monoisotopic (exact) mass is 601 g/mol. The molecule has 2 unspecified atom stereocenters. The lowest BCUT2D eigenvalue weighted by Crippen LogP contribution is -2.75. The second kappa shape index (κ2) is 12.4. The van der Waals surface area contributed by atoms with Gasteiger partial charge in [0.15, 0.2) is 0 Å². The maximum absolute atomic E-state index is 14.2. The molecule has 4 N–H and O–H groups in total. The number of rotatable bonds is 10. The molecule has 2 aromatic carbocycles. The number of hydrogen-bond donors (Lipinski definition) is 4. The molecule has 1 heterocycles. The fourth-order valence-corrected chi connectivity index (χ4v) is 6.47. The highest BCUT2D eigenvalue weighted by molar-refractivity contribution is 6.38. The van der Waals surface area contributed by atoms with Crippen LogP contribution in [0.2, 0.25) is 0 Å². The zero-order chi connectivity index (χ0) is 31.6. The third kappa shape index (κ3) is 6.64. The van der Waals surface area contributed by atoms with Gasteiger partial charge in [-0.25, -0.2) is 4.79 Å². The molecule has 1 saturated carbocycles. The number of anilines is 1. The molecule has 0 aromatic heterocycles. The Morgan fingerprint density at radius 1 is 0.909 bits per heavy atom. The molecule has 44 heavy (non-hydrogen) atoms. The summed E-state index contributed by atoms with van der Waals surface area (Å²) in [6, 6.07) is 13.7. The summed E-state index contributed by atoms with van der Waals surface area (Å²) in [7, 11) is 0. The van der Waals surface area contributed by atoms with Crippen LogP contribution in [0.15, 0.2) is 54.6 Å². The quantitative estimate of drug-likeness (QED) is 0.310. The summed E-state index contributed by atoms with van der Waals surface area (Å²) in [4.78, 5) is 68.7. The number of carbonyl (C=O) groups is 5. The van der Waals surface area contributed by atoms with Gasteiger partial charge in [-0.2, -0.15) is 0 Å². The number of para-hydroxylation sites is 1. The van der Waals surface area contributed by atoms with Crippen LogP contribution in [0.3, 0.4) is 0 Å². The van der Waals surface area contributed by atoms with Gasteiger partial charge in [0.2, 0.25) is 17.6 Å². The van der Waals surface area contributed by atoms with Crippen LogP contribution in [0, 0.1) is 10.8 Å². The van der Waals surface area contributed by atoms with E-state index in [4.69, 9.17) is 0 Å². The molecule has 2 aromatic rings. The molecule has 5 amide bonds. The van der Waals surface area contributed by atoms with E-state index in [1.807, 2.05) is 58.0 Å². The van der Waals surface area contributed by atoms with Crippen molar-refractivity contribution >= 4 is 35.2 Å². The van der Waals surface area contributed by atoms with Crippen molar-refractivity contribution in [2.24, 2.45) is 10.8 Å². The molecule has 10 nitrogen and oxygen atoms in total. The Bertz CT molecular complexity index is 1410. The van der Waals surface area contributed by atoms with Crippen LogP contribution in [-0.4, -0.2) is 65.1 Å². The topological polar surface area (TPSA) is 137 Å². The van der Waals surface area contributed by atoms with Gasteiger partial charge >= 0.3 is 6.03 Å². The summed E-state index contributed by atoms with van der Waals surface area (Å²) in [5, 5.41) is 11.2. The summed E-state index contributed by atoms with van der Waals surface area (Å²) >= 11 is 0. The highest BCUT2D eigenvalue weighted by Gasteiger charge is 2.61. The number of fused-ring (bicyclic) bond motifs is 1. The standard InChI is InChI=1S/C34H43N5O5/c1-5-11-25(26(40)29(41)35-24-16-17-24)37-30(42)28-34(18-21-12-9-10-13-22(21)19-34)20-39(28)31(43)27(33(2,3)4)38-32(44)36-23-14-7-6-8-15-23/h6-10,12-15,24-25,27-28H,5,11,16-20H2,1-4H3,(H,35,41)(H,37,42)(H2,36,38,44)/t25?,27-,28?/m1/s1. The van der Waals surface area contributed by atoms with Crippen molar-refractivity contribution in [2.45, 2.75) is 90.4 Å². The zero-order valence-electron chi connectivity index (χ0n) is 25.9.